The Kier molecular flexibility index (Phi) is 5.62. The fraction of sp³-hybridized carbons (Fsp3) is 0.417. The monoisotopic (exact) mass is 284 g/mol. The molecule has 19 heavy (non-hydrogen) atoms. The van der Waals surface area contributed by atoms with Crippen molar-refractivity contribution in [3.8, 4) is 0 Å². The van der Waals surface area contributed by atoms with E-state index in [0.717, 1.165) is 11.8 Å². The van der Waals surface area contributed by atoms with Crippen molar-refractivity contribution in [1.29, 1.82) is 0 Å². The summed E-state index contributed by atoms with van der Waals surface area (Å²) in [6.07, 6.45) is 3.15. The summed E-state index contributed by atoms with van der Waals surface area (Å²) in [5, 5.41) is 5.24. The molecule has 0 aromatic heterocycles. The number of carbonyl (C=O) groups excluding carboxylic acids is 2. The van der Waals surface area contributed by atoms with E-state index in [0.29, 0.717) is 4.91 Å². The summed E-state index contributed by atoms with van der Waals surface area (Å²) < 4.78 is 9.96. The minimum atomic E-state index is -0.662. The van der Waals surface area contributed by atoms with E-state index in [2.05, 4.69) is 5.10 Å². The van der Waals surface area contributed by atoms with Crippen molar-refractivity contribution in [2.75, 3.05) is 27.8 Å². The van der Waals surface area contributed by atoms with Gasteiger partial charge in [0.25, 0.3) is 0 Å². The molecule has 1 aliphatic heterocycles. The van der Waals surface area contributed by atoms with Gasteiger partial charge in [-0.25, -0.2) is 4.79 Å². The molecule has 0 amide bonds. The number of methoxy groups -OCH3 is 1. The third-order valence-corrected chi connectivity index (χ3v) is 3.00. The van der Waals surface area contributed by atoms with E-state index in [4.69, 9.17) is 9.47 Å². The molecule has 0 spiro atoms. The van der Waals surface area contributed by atoms with E-state index in [9.17, 15) is 9.59 Å². The van der Waals surface area contributed by atoms with E-state index >= 15 is 0 Å². The molecule has 104 valence electrons. The number of hydrogen-bond acceptors (Lipinski definition) is 7. The van der Waals surface area contributed by atoms with Crippen molar-refractivity contribution in [1.82, 2.24) is 5.01 Å². The van der Waals surface area contributed by atoms with Crippen molar-refractivity contribution >= 4 is 29.1 Å². The van der Waals surface area contributed by atoms with Gasteiger partial charge in [-0.2, -0.15) is 5.10 Å². The number of hydrazone groups is 1. The third-order valence-electron chi connectivity index (χ3n) is 2.06. The van der Waals surface area contributed by atoms with Gasteiger partial charge in [-0.1, -0.05) is 0 Å². The van der Waals surface area contributed by atoms with Gasteiger partial charge < -0.3 is 14.5 Å². The molecule has 0 unspecified atom stereocenters. The molecule has 0 aliphatic carbocycles. The van der Waals surface area contributed by atoms with Gasteiger partial charge in [0.15, 0.2) is 11.3 Å². The van der Waals surface area contributed by atoms with Crippen molar-refractivity contribution in [3.05, 3.63) is 22.3 Å². The quantitative estimate of drug-likeness (QED) is 0.326. The summed E-state index contributed by atoms with van der Waals surface area (Å²) in [7, 11) is 4.96. The molecule has 0 saturated carbocycles. The average Bonchev–Trinajstić information content (AvgIpc) is 2.65. The van der Waals surface area contributed by atoms with Crippen LogP contribution in [0.4, 0.5) is 0 Å². The lowest BCUT2D eigenvalue weighted by atomic mass is 10.2. The van der Waals surface area contributed by atoms with Gasteiger partial charge in [0, 0.05) is 20.3 Å². The van der Waals surface area contributed by atoms with Gasteiger partial charge in [-0.15, -0.1) is 0 Å². The summed E-state index contributed by atoms with van der Waals surface area (Å²) in [5.41, 5.74) is -0.0566. The van der Waals surface area contributed by atoms with Crippen LogP contribution in [0.1, 0.15) is 6.92 Å². The second-order valence-corrected chi connectivity index (χ2v) is 4.68. The lowest BCUT2D eigenvalue weighted by Gasteiger charge is -2.04. The Morgan fingerprint density at radius 3 is 2.68 bits per heavy atom. The van der Waals surface area contributed by atoms with Crippen molar-refractivity contribution in [2.45, 2.75) is 6.92 Å². The number of ether oxygens (including phenoxy) is 2. The van der Waals surface area contributed by atoms with Crippen LogP contribution in [0.2, 0.25) is 0 Å². The van der Waals surface area contributed by atoms with Gasteiger partial charge >= 0.3 is 5.97 Å². The number of nitrogens with zero attached hydrogens (tertiary/aromatic N) is 2. The molecule has 0 saturated heterocycles. The van der Waals surface area contributed by atoms with Crippen LogP contribution in [-0.2, 0) is 19.1 Å². The molecule has 0 aromatic carbocycles. The van der Waals surface area contributed by atoms with Crippen LogP contribution in [0.3, 0.4) is 0 Å². The standard InChI is InChI=1S/C12H16N2O4S/c1-5-18-11(15)9-10(17-4)8(19-12(9)16)6-7-13-14(2)3/h6-7H,5H2,1-4H3/b8-6-,13-7+. The van der Waals surface area contributed by atoms with Crippen LogP contribution in [-0.4, -0.2) is 50.1 Å². The van der Waals surface area contributed by atoms with E-state index in [1.807, 2.05) is 0 Å². The maximum absolute atomic E-state index is 11.8. The summed E-state index contributed by atoms with van der Waals surface area (Å²) in [6, 6.07) is 0. The zero-order valence-electron chi connectivity index (χ0n) is 11.3. The highest BCUT2D eigenvalue weighted by Crippen LogP contribution is 2.38. The Bertz CT molecular complexity index is 466. The first-order valence-corrected chi connectivity index (χ1v) is 6.42. The topological polar surface area (TPSA) is 68.2 Å². The van der Waals surface area contributed by atoms with Gasteiger partial charge in [0.1, 0.15) is 0 Å². The smallest absolute Gasteiger partial charge is 0.346 e. The zero-order valence-corrected chi connectivity index (χ0v) is 12.1. The lowest BCUT2D eigenvalue weighted by molar-refractivity contribution is -0.139. The molecule has 0 fully saturated rings. The predicted octanol–water partition coefficient (Wildman–Crippen LogP) is 1.15. The van der Waals surface area contributed by atoms with Gasteiger partial charge in [0.05, 0.1) is 18.6 Å². The number of hydrogen-bond donors (Lipinski definition) is 0. The second-order valence-electron chi connectivity index (χ2n) is 3.66. The Labute approximate surface area is 116 Å². The zero-order chi connectivity index (χ0) is 14.4. The molecular formula is C12H16N2O4S. The van der Waals surface area contributed by atoms with Crippen LogP contribution in [0.25, 0.3) is 0 Å². The first kappa shape index (κ1) is 15.3. The van der Waals surface area contributed by atoms with Crippen LogP contribution in [0.5, 0.6) is 0 Å². The molecule has 6 nitrogen and oxygen atoms in total. The van der Waals surface area contributed by atoms with Crippen LogP contribution in [0, 0.1) is 0 Å². The highest BCUT2D eigenvalue weighted by molar-refractivity contribution is 8.18. The highest BCUT2D eigenvalue weighted by Gasteiger charge is 2.35. The molecular weight excluding hydrogens is 268 g/mol. The normalized spacial score (nSPS) is 17.5. The summed E-state index contributed by atoms with van der Waals surface area (Å²) >= 11 is 0.925. The first-order valence-electron chi connectivity index (χ1n) is 5.60. The number of thioether (sulfide) groups is 1. The van der Waals surface area contributed by atoms with Gasteiger partial charge in [0.2, 0.25) is 5.12 Å². The molecule has 0 bridgehead atoms. The average molecular weight is 284 g/mol. The Morgan fingerprint density at radius 1 is 1.47 bits per heavy atom. The largest absolute Gasteiger partial charge is 0.494 e. The first-order chi connectivity index (χ1) is 9.01. The molecule has 1 rings (SSSR count). The SMILES string of the molecule is CCOC(=O)C1=C(OC)/C(=C/C=N/N(C)C)SC1=O. The molecule has 0 aromatic rings. The number of esters is 1. The Balaban J connectivity index is 3.05. The van der Waals surface area contributed by atoms with Crippen molar-refractivity contribution < 1.29 is 19.1 Å². The van der Waals surface area contributed by atoms with Crippen molar-refractivity contribution in [2.24, 2.45) is 5.10 Å². The predicted molar refractivity (Wildman–Crippen MR) is 73.5 cm³/mol. The highest BCUT2D eigenvalue weighted by atomic mass is 32.2. The van der Waals surface area contributed by atoms with Crippen LogP contribution < -0.4 is 0 Å². The summed E-state index contributed by atoms with van der Waals surface area (Å²) in [6.45, 7) is 1.89. The van der Waals surface area contributed by atoms with E-state index in [1.54, 1.807) is 32.1 Å². The van der Waals surface area contributed by atoms with E-state index < -0.39 is 5.97 Å². The van der Waals surface area contributed by atoms with Gasteiger partial charge in [-0.05, 0) is 24.8 Å². The fourth-order valence-electron chi connectivity index (χ4n) is 1.34. The van der Waals surface area contributed by atoms with E-state index in [-0.39, 0.29) is 23.1 Å². The van der Waals surface area contributed by atoms with Crippen LogP contribution in [0.15, 0.2) is 27.4 Å². The third kappa shape index (κ3) is 3.85. The minimum absolute atomic E-state index is 0.0566. The fourth-order valence-corrected chi connectivity index (χ4v) is 2.22. The molecule has 0 radical (unpaired) electrons. The summed E-state index contributed by atoms with van der Waals surface area (Å²) in [4.78, 5) is 24.0. The maximum Gasteiger partial charge on any atom is 0.346 e. The number of allylic oxidation sites excluding steroid dienone is 1. The number of carbonyl (C=O) groups is 2. The molecule has 0 atom stereocenters. The Morgan fingerprint density at radius 2 is 2.16 bits per heavy atom. The minimum Gasteiger partial charge on any atom is -0.494 e. The molecule has 7 heteroatoms. The van der Waals surface area contributed by atoms with Crippen molar-refractivity contribution in [3.63, 3.8) is 0 Å². The van der Waals surface area contributed by atoms with E-state index in [1.165, 1.54) is 13.3 Å². The van der Waals surface area contributed by atoms with Crippen LogP contribution >= 0.6 is 11.8 Å². The maximum atomic E-state index is 11.8. The molecule has 1 aliphatic rings. The summed E-state index contributed by atoms with van der Waals surface area (Å²) in [5.74, 6) is -0.427. The molecule has 1 heterocycles. The van der Waals surface area contributed by atoms with Gasteiger partial charge in [-0.3, -0.25) is 4.79 Å². The number of rotatable bonds is 5. The molecule has 0 N–H and O–H groups in total. The lowest BCUT2D eigenvalue weighted by Crippen LogP contribution is -2.13. The Hall–Kier alpha value is -1.76. The second kappa shape index (κ2) is 6.98.